The van der Waals surface area contributed by atoms with Crippen LogP contribution < -0.4 is 0 Å². The highest BCUT2D eigenvalue weighted by atomic mass is 16.3. The number of para-hydroxylation sites is 1. The highest BCUT2D eigenvalue weighted by Gasteiger charge is 2.22. The Morgan fingerprint density at radius 1 is 0.339 bits per heavy atom. The first kappa shape index (κ1) is 31.9. The van der Waals surface area contributed by atoms with E-state index in [4.69, 9.17) is 19.4 Å². The summed E-state index contributed by atoms with van der Waals surface area (Å²) in [5.74, 6) is 1.69. The van der Waals surface area contributed by atoms with Crippen LogP contribution in [0.5, 0.6) is 0 Å². The van der Waals surface area contributed by atoms with Gasteiger partial charge in [0.15, 0.2) is 17.2 Å². The fourth-order valence-corrected chi connectivity index (χ4v) is 7.96. The molecule has 0 unspecified atom stereocenters. The van der Waals surface area contributed by atoms with Gasteiger partial charge >= 0.3 is 0 Å². The summed E-state index contributed by atoms with van der Waals surface area (Å²) in [6, 6.07) is 67.4. The third-order valence-electron chi connectivity index (χ3n) is 10.7. The molecule has 0 N–H and O–H groups in total. The van der Waals surface area contributed by atoms with Gasteiger partial charge in [-0.3, -0.25) is 4.57 Å². The van der Waals surface area contributed by atoms with Gasteiger partial charge in [-0.1, -0.05) is 158 Å². The molecule has 0 saturated carbocycles. The Morgan fingerprint density at radius 3 is 1.43 bits per heavy atom. The van der Waals surface area contributed by atoms with E-state index in [0.717, 1.165) is 88.3 Å². The first-order chi connectivity index (χ1) is 27.7. The Hall–Kier alpha value is -7.63. The van der Waals surface area contributed by atoms with Crippen molar-refractivity contribution in [3.8, 4) is 62.1 Å². The molecule has 262 valence electrons. The monoisotopic (exact) mass is 716 g/mol. The number of benzene rings is 8. The first-order valence-corrected chi connectivity index (χ1v) is 18.8. The third kappa shape index (κ3) is 5.37. The van der Waals surface area contributed by atoms with E-state index in [9.17, 15) is 0 Å². The van der Waals surface area contributed by atoms with Crippen molar-refractivity contribution < 1.29 is 4.42 Å². The fourth-order valence-electron chi connectivity index (χ4n) is 7.96. The van der Waals surface area contributed by atoms with Gasteiger partial charge in [0.25, 0.3) is 0 Å². The topological polar surface area (TPSA) is 56.7 Å². The summed E-state index contributed by atoms with van der Waals surface area (Å²) >= 11 is 0. The summed E-state index contributed by atoms with van der Waals surface area (Å²) in [7, 11) is 0. The Balaban J connectivity index is 1.18. The average Bonchev–Trinajstić information content (AvgIpc) is 3.83. The van der Waals surface area contributed by atoms with Crippen molar-refractivity contribution in [1.29, 1.82) is 0 Å². The molecular formula is C51H32N4O. The lowest BCUT2D eigenvalue weighted by Gasteiger charge is -2.12. The summed E-state index contributed by atoms with van der Waals surface area (Å²) in [5.41, 5.74) is 12.0. The summed E-state index contributed by atoms with van der Waals surface area (Å²) in [4.78, 5) is 15.8. The predicted molar refractivity (Wildman–Crippen MR) is 229 cm³/mol. The largest absolute Gasteiger partial charge is 0.454 e. The SMILES string of the molecule is c1ccc(-c2cccc(-c3nc(-c4cccc(-c5ccccc5)c4)nc(-n4c5ccccc5c5ccc6c7ccc(-c8ccccc8)cc7oc6c54)n3)c2)cc1. The van der Waals surface area contributed by atoms with Crippen LogP contribution in [0, 0.1) is 0 Å². The number of furan rings is 1. The molecule has 0 atom stereocenters. The number of hydrogen-bond acceptors (Lipinski definition) is 4. The standard InChI is InChI=1S/C51H32N4O/c1-4-14-33(15-5-1)36-20-12-22-39(30-36)49-52-50(40-23-13-21-37(31-40)34-16-6-2-7-17-34)54-51(53-49)55-45-25-11-10-24-41(45)43-28-29-44-42-27-26-38(35-18-8-3-9-19-35)32-46(42)56-48(44)47(43)55/h1-32H. The van der Waals surface area contributed by atoms with Gasteiger partial charge in [0.05, 0.1) is 5.52 Å². The molecule has 11 aromatic rings. The Morgan fingerprint density at radius 2 is 0.821 bits per heavy atom. The molecule has 3 heterocycles. The van der Waals surface area contributed by atoms with Gasteiger partial charge in [0.2, 0.25) is 5.95 Å². The molecule has 0 spiro atoms. The molecule has 0 amide bonds. The molecule has 5 nitrogen and oxygen atoms in total. The van der Waals surface area contributed by atoms with Crippen molar-refractivity contribution in [3.05, 3.63) is 194 Å². The van der Waals surface area contributed by atoms with Gasteiger partial charge in [0, 0.05) is 32.7 Å². The maximum atomic E-state index is 6.89. The molecule has 8 aromatic carbocycles. The normalized spacial score (nSPS) is 11.6. The molecule has 0 aliphatic heterocycles. The first-order valence-electron chi connectivity index (χ1n) is 18.8. The Kier molecular flexibility index (Phi) is 7.42. The lowest BCUT2D eigenvalue weighted by Crippen LogP contribution is -2.06. The van der Waals surface area contributed by atoms with Gasteiger partial charge < -0.3 is 4.42 Å². The molecule has 0 bridgehead atoms. The van der Waals surface area contributed by atoms with E-state index in [1.807, 2.05) is 18.2 Å². The fraction of sp³-hybridized carbons (Fsp3) is 0. The van der Waals surface area contributed by atoms with Gasteiger partial charge in [-0.2, -0.15) is 9.97 Å². The maximum absolute atomic E-state index is 6.89. The van der Waals surface area contributed by atoms with Crippen molar-refractivity contribution >= 4 is 43.7 Å². The van der Waals surface area contributed by atoms with Gasteiger partial charge in [-0.05, 0) is 69.8 Å². The quantitative estimate of drug-likeness (QED) is 0.172. The molecule has 0 saturated heterocycles. The van der Waals surface area contributed by atoms with Gasteiger partial charge in [0.1, 0.15) is 11.1 Å². The number of nitrogens with zero attached hydrogens (tertiary/aromatic N) is 4. The third-order valence-corrected chi connectivity index (χ3v) is 10.7. The smallest absolute Gasteiger partial charge is 0.238 e. The van der Waals surface area contributed by atoms with Crippen LogP contribution in [0.25, 0.3) is 106 Å². The van der Waals surface area contributed by atoms with Crippen LogP contribution in [0.3, 0.4) is 0 Å². The Labute approximate surface area is 322 Å². The second kappa shape index (κ2) is 13.0. The van der Waals surface area contributed by atoms with Crippen LogP contribution in [0.1, 0.15) is 0 Å². The van der Waals surface area contributed by atoms with E-state index in [2.05, 4.69) is 180 Å². The number of aromatic nitrogens is 4. The van der Waals surface area contributed by atoms with Crippen molar-refractivity contribution in [3.63, 3.8) is 0 Å². The van der Waals surface area contributed by atoms with Crippen LogP contribution in [0.2, 0.25) is 0 Å². The Bertz CT molecular complexity index is 3140. The van der Waals surface area contributed by atoms with E-state index in [1.54, 1.807) is 0 Å². The average molecular weight is 717 g/mol. The van der Waals surface area contributed by atoms with Crippen molar-refractivity contribution in [1.82, 2.24) is 19.5 Å². The molecule has 5 heteroatoms. The van der Waals surface area contributed by atoms with Crippen LogP contribution >= 0.6 is 0 Å². The van der Waals surface area contributed by atoms with Crippen molar-refractivity contribution in [2.45, 2.75) is 0 Å². The second-order valence-electron chi connectivity index (χ2n) is 14.0. The summed E-state index contributed by atoms with van der Waals surface area (Å²) in [6.45, 7) is 0. The van der Waals surface area contributed by atoms with Crippen molar-refractivity contribution in [2.75, 3.05) is 0 Å². The van der Waals surface area contributed by atoms with Crippen molar-refractivity contribution in [2.24, 2.45) is 0 Å². The molecule has 0 radical (unpaired) electrons. The molecular weight excluding hydrogens is 685 g/mol. The van der Waals surface area contributed by atoms with E-state index in [0.29, 0.717) is 17.6 Å². The van der Waals surface area contributed by atoms with Gasteiger partial charge in [-0.25, -0.2) is 4.98 Å². The van der Waals surface area contributed by atoms with E-state index in [-0.39, 0.29) is 0 Å². The molecule has 0 aliphatic rings. The molecule has 56 heavy (non-hydrogen) atoms. The van der Waals surface area contributed by atoms with Crippen LogP contribution in [0.4, 0.5) is 0 Å². The zero-order valence-corrected chi connectivity index (χ0v) is 30.2. The zero-order chi connectivity index (χ0) is 37.0. The minimum atomic E-state index is 0.518. The van der Waals surface area contributed by atoms with E-state index < -0.39 is 0 Å². The highest BCUT2D eigenvalue weighted by molar-refractivity contribution is 6.21. The molecule has 11 rings (SSSR count). The minimum absolute atomic E-state index is 0.518. The van der Waals surface area contributed by atoms with Crippen LogP contribution in [-0.2, 0) is 0 Å². The lowest BCUT2D eigenvalue weighted by atomic mass is 10.0. The van der Waals surface area contributed by atoms with E-state index in [1.165, 1.54) is 0 Å². The number of hydrogen-bond donors (Lipinski definition) is 0. The van der Waals surface area contributed by atoms with Crippen LogP contribution in [-0.4, -0.2) is 19.5 Å². The molecule has 0 aliphatic carbocycles. The number of rotatable bonds is 6. The highest BCUT2D eigenvalue weighted by Crippen LogP contribution is 2.41. The van der Waals surface area contributed by atoms with Gasteiger partial charge in [-0.15, -0.1) is 0 Å². The number of fused-ring (bicyclic) bond motifs is 7. The van der Waals surface area contributed by atoms with E-state index >= 15 is 0 Å². The lowest BCUT2D eigenvalue weighted by molar-refractivity contribution is 0.671. The van der Waals surface area contributed by atoms with Crippen LogP contribution in [0.15, 0.2) is 199 Å². The minimum Gasteiger partial charge on any atom is -0.454 e. The predicted octanol–water partition coefficient (Wildman–Crippen LogP) is 13.2. The molecule has 0 fully saturated rings. The zero-order valence-electron chi connectivity index (χ0n) is 30.2. The summed E-state index contributed by atoms with van der Waals surface area (Å²) in [5, 5.41) is 4.26. The molecule has 3 aromatic heterocycles. The second-order valence-corrected chi connectivity index (χ2v) is 14.0. The summed E-state index contributed by atoms with van der Waals surface area (Å²) in [6.07, 6.45) is 0. The summed E-state index contributed by atoms with van der Waals surface area (Å²) < 4.78 is 9.04. The maximum Gasteiger partial charge on any atom is 0.238 e.